The first kappa shape index (κ1) is 17.6. The van der Waals surface area contributed by atoms with E-state index in [0.717, 1.165) is 28.2 Å². The number of hydrogen-bond acceptors (Lipinski definition) is 4. The first-order valence-electron chi connectivity index (χ1n) is 7.73. The van der Waals surface area contributed by atoms with Gasteiger partial charge in [-0.1, -0.05) is 30.3 Å². The van der Waals surface area contributed by atoms with Gasteiger partial charge in [-0.15, -0.1) is 0 Å². The molecule has 0 aliphatic heterocycles. The fourth-order valence-corrected chi connectivity index (χ4v) is 2.38. The van der Waals surface area contributed by atoms with Crippen molar-refractivity contribution < 1.29 is 19.0 Å². The van der Waals surface area contributed by atoms with E-state index in [1.165, 1.54) is 7.11 Å². The average Bonchev–Trinajstić information content (AvgIpc) is 2.65. The van der Waals surface area contributed by atoms with Gasteiger partial charge in [0.25, 0.3) is 0 Å². The number of carbonyl (C=O) groups is 1. The molecule has 4 heteroatoms. The molecule has 24 heavy (non-hydrogen) atoms. The minimum atomic E-state index is -0.213. The Balaban J connectivity index is 2.31. The van der Waals surface area contributed by atoms with Crippen molar-refractivity contribution in [1.82, 2.24) is 0 Å². The summed E-state index contributed by atoms with van der Waals surface area (Å²) < 4.78 is 15.1. The lowest BCUT2D eigenvalue weighted by atomic mass is 9.96. The molecule has 0 saturated carbocycles. The van der Waals surface area contributed by atoms with Crippen LogP contribution in [-0.2, 0) is 9.53 Å². The third-order valence-corrected chi connectivity index (χ3v) is 3.73. The van der Waals surface area contributed by atoms with Gasteiger partial charge in [-0.25, -0.2) is 0 Å². The standard InChI is InChI=1S/C20H22O4/c1-22-17-11-7-15(8-12-17)19(5-4-6-20(21)24-3)16-9-13-18(23-2)14-10-16/h5,7-14H,4,6H2,1-3H3. The van der Waals surface area contributed by atoms with E-state index < -0.39 is 0 Å². The van der Waals surface area contributed by atoms with Gasteiger partial charge in [0.05, 0.1) is 21.3 Å². The van der Waals surface area contributed by atoms with Crippen molar-refractivity contribution in [2.45, 2.75) is 12.8 Å². The summed E-state index contributed by atoms with van der Waals surface area (Å²) in [4.78, 5) is 11.3. The molecule has 0 aliphatic carbocycles. The van der Waals surface area contributed by atoms with Crippen molar-refractivity contribution >= 4 is 11.5 Å². The van der Waals surface area contributed by atoms with Crippen LogP contribution in [0.3, 0.4) is 0 Å². The second kappa shape index (κ2) is 8.77. The van der Waals surface area contributed by atoms with Gasteiger partial charge in [-0.2, -0.15) is 0 Å². The van der Waals surface area contributed by atoms with Gasteiger partial charge in [-0.3, -0.25) is 4.79 Å². The van der Waals surface area contributed by atoms with E-state index in [1.807, 2.05) is 48.5 Å². The van der Waals surface area contributed by atoms with Crippen LogP contribution in [-0.4, -0.2) is 27.3 Å². The molecule has 4 nitrogen and oxygen atoms in total. The van der Waals surface area contributed by atoms with Crippen LogP contribution in [0.4, 0.5) is 0 Å². The minimum Gasteiger partial charge on any atom is -0.497 e. The highest BCUT2D eigenvalue weighted by Gasteiger charge is 2.07. The summed E-state index contributed by atoms with van der Waals surface area (Å²) in [6.45, 7) is 0. The molecule has 0 unspecified atom stereocenters. The molecule has 0 bridgehead atoms. The Bertz CT molecular complexity index is 635. The van der Waals surface area contributed by atoms with Gasteiger partial charge < -0.3 is 14.2 Å². The fourth-order valence-electron chi connectivity index (χ4n) is 2.38. The van der Waals surface area contributed by atoms with Crippen molar-refractivity contribution in [2.75, 3.05) is 21.3 Å². The molecule has 2 aromatic carbocycles. The summed E-state index contributed by atoms with van der Waals surface area (Å²) in [5.41, 5.74) is 3.18. The molecule has 0 aromatic heterocycles. The first-order chi connectivity index (χ1) is 11.7. The number of allylic oxidation sites excluding steroid dienone is 1. The van der Waals surface area contributed by atoms with Crippen LogP contribution < -0.4 is 9.47 Å². The zero-order chi connectivity index (χ0) is 17.4. The molecular formula is C20H22O4. The summed E-state index contributed by atoms with van der Waals surface area (Å²) in [7, 11) is 4.69. The average molecular weight is 326 g/mol. The number of esters is 1. The van der Waals surface area contributed by atoms with Crippen LogP contribution in [0.1, 0.15) is 24.0 Å². The molecule has 0 atom stereocenters. The van der Waals surface area contributed by atoms with E-state index in [2.05, 4.69) is 6.08 Å². The summed E-state index contributed by atoms with van der Waals surface area (Å²) >= 11 is 0. The van der Waals surface area contributed by atoms with Crippen molar-refractivity contribution in [1.29, 1.82) is 0 Å². The maximum atomic E-state index is 11.3. The van der Waals surface area contributed by atoms with Gasteiger partial charge >= 0.3 is 5.97 Å². The second-order valence-corrected chi connectivity index (χ2v) is 5.19. The van der Waals surface area contributed by atoms with Crippen LogP contribution in [0.15, 0.2) is 54.6 Å². The lowest BCUT2D eigenvalue weighted by Gasteiger charge is -2.11. The highest BCUT2D eigenvalue weighted by molar-refractivity contribution is 5.80. The number of benzene rings is 2. The summed E-state index contributed by atoms with van der Waals surface area (Å²) in [6, 6.07) is 15.7. The SMILES string of the molecule is COC(=O)CCC=C(c1ccc(OC)cc1)c1ccc(OC)cc1. The van der Waals surface area contributed by atoms with Gasteiger partial charge in [-0.05, 0) is 47.4 Å². The van der Waals surface area contributed by atoms with Gasteiger partial charge in [0.15, 0.2) is 0 Å². The molecule has 0 spiro atoms. The molecule has 0 saturated heterocycles. The number of rotatable bonds is 7. The smallest absolute Gasteiger partial charge is 0.305 e. The molecule has 0 amide bonds. The highest BCUT2D eigenvalue weighted by Crippen LogP contribution is 2.27. The summed E-state index contributed by atoms with van der Waals surface area (Å²) in [5, 5.41) is 0. The third-order valence-electron chi connectivity index (χ3n) is 3.73. The summed E-state index contributed by atoms with van der Waals surface area (Å²) in [5.74, 6) is 1.40. The first-order valence-corrected chi connectivity index (χ1v) is 7.73. The number of ether oxygens (including phenoxy) is 3. The fraction of sp³-hybridized carbons (Fsp3) is 0.250. The molecule has 126 valence electrons. The summed E-state index contributed by atoms with van der Waals surface area (Å²) in [6.07, 6.45) is 3.02. The molecule has 0 radical (unpaired) electrons. The number of carbonyl (C=O) groups excluding carboxylic acids is 1. The van der Waals surface area contributed by atoms with Crippen molar-refractivity contribution in [2.24, 2.45) is 0 Å². The molecule has 2 rings (SSSR count). The van der Waals surface area contributed by atoms with Gasteiger partial charge in [0, 0.05) is 6.42 Å². The van der Waals surface area contributed by atoms with Gasteiger partial charge in [0.1, 0.15) is 11.5 Å². The quantitative estimate of drug-likeness (QED) is 0.719. The van der Waals surface area contributed by atoms with Crippen LogP contribution in [0, 0.1) is 0 Å². The van der Waals surface area contributed by atoms with E-state index in [1.54, 1.807) is 14.2 Å². The van der Waals surface area contributed by atoms with Crippen LogP contribution in [0.5, 0.6) is 11.5 Å². The lowest BCUT2D eigenvalue weighted by molar-refractivity contribution is -0.140. The molecule has 0 aliphatic rings. The normalized spacial score (nSPS) is 9.96. The Labute approximate surface area is 142 Å². The maximum absolute atomic E-state index is 11.3. The maximum Gasteiger partial charge on any atom is 0.305 e. The predicted octanol–water partition coefficient (Wildman–Crippen LogP) is 4.09. The van der Waals surface area contributed by atoms with Crippen molar-refractivity contribution in [3.05, 3.63) is 65.7 Å². The zero-order valence-electron chi connectivity index (χ0n) is 14.2. The molecular weight excluding hydrogens is 304 g/mol. The molecule has 2 aromatic rings. The van der Waals surface area contributed by atoms with Crippen molar-refractivity contribution in [3.8, 4) is 11.5 Å². The molecule has 0 fully saturated rings. The van der Waals surface area contributed by atoms with Crippen LogP contribution >= 0.6 is 0 Å². The van der Waals surface area contributed by atoms with Crippen LogP contribution in [0.25, 0.3) is 5.57 Å². The number of hydrogen-bond donors (Lipinski definition) is 0. The van der Waals surface area contributed by atoms with Crippen LogP contribution in [0.2, 0.25) is 0 Å². The van der Waals surface area contributed by atoms with E-state index in [0.29, 0.717) is 12.8 Å². The molecule has 0 N–H and O–H groups in total. The lowest BCUT2D eigenvalue weighted by Crippen LogP contribution is -1.98. The third kappa shape index (κ3) is 4.62. The minimum absolute atomic E-state index is 0.213. The monoisotopic (exact) mass is 326 g/mol. The Morgan fingerprint density at radius 2 is 1.29 bits per heavy atom. The predicted molar refractivity (Wildman–Crippen MR) is 94.3 cm³/mol. The number of methoxy groups -OCH3 is 3. The highest BCUT2D eigenvalue weighted by atomic mass is 16.5. The topological polar surface area (TPSA) is 44.8 Å². The van der Waals surface area contributed by atoms with Gasteiger partial charge in [0.2, 0.25) is 0 Å². The Kier molecular flexibility index (Phi) is 6.43. The largest absolute Gasteiger partial charge is 0.497 e. The van der Waals surface area contributed by atoms with E-state index >= 15 is 0 Å². The van der Waals surface area contributed by atoms with Crippen molar-refractivity contribution in [3.63, 3.8) is 0 Å². The second-order valence-electron chi connectivity index (χ2n) is 5.19. The Morgan fingerprint density at radius 3 is 1.67 bits per heavy atom. The Morgan fingerprint density at radius 1 is 0.833 bits per heavy atom. The van der Waals surface area contributed by atoms with E-state index in [4.69, 9.17) is 14.2 Å². The Hall–Kier alpha value is -2.75. The zero-order valence-corrected chi connectivity index (χ0v) is 14.2. The van der Waals surface area contributed by atoms with E-state index in [-0.39, 0.29) is 5.97 Å². The molecule has 0 heterocycles. The van der Waals surface area contributed by atoms with E-state index in [9.17, 15) is 4.79 Å².